The van der Waals surface area contributed by atoms with Crippen LogP contribution in [0.25, 0.3) is 0 Å². The number of hydrogen-bond donors (Lipinski definition) is 1. The smallest absolute Gasteiger partial charge is 0.305 e. The SMILES string of the molecule is CCCCCCCCCOC(=O)CCCCCCCN(CCO)CCCCCCCC(=C=O)OC(CCCC)CCCC. The first kappa shape index (κ1) is 41.6. The molecule has 6 heteroatoms. The third kappa shape index (κ3) is 29.1. The topological polar surface area (TPSA) is 76.1 Å². The maximum absolute atomic E-state index is 11.9. The van der Waals surface area contributed by atoms with Gasteiger partial charge < -0.3 is 19.5 Å². The average molecular weight is 610 g/mol. The minimum atomic E-state index is -0.0347. The minimum absolute atomic E-state index is 0.0347. The maximum Gasteiger partial charge on any atom is 0.305 e. The fourth-order valence-electron chi connectivity index (χ4n) is 5.54. The van der Waals surface area contributed by atoms with Gasteiger partial charge in [-0.25, -0.2) is 4.79 Å². The first-order chi connectivity index (χ1) is 21.1. The van der Waals surface area contributed by atoms with Crippen LogP contribution in [0.15, 0.2) is 5.76 Å². The zero-order chi connectivity index (χ0) is 31.6. The quantitative estimate of drug-likeness (QED) is 0.0339. The summed E-state index contributed by atoms with van der Waals surface area (Å²) in [7, 11) is 0. The van der Waals surface area contributed by atoms with Crippen molar-refractivity contribution in [2.24, 2.45) is 0 Å². The lowest BCUT2D eigenvalue weighted by molar-refractivity contribution is -0.143. The number of unbranched alkanes of at least 4 members (excludes halogenated alkanes) is 16. The zero-order valence-electron chi connectivity index (χ0n) is 28.8. The second kappa shape index (κ2) is 33.5. The van der Waals surface area contributed by atoms with Crippen molar-refractivity contribution in [3.8, 4) is 0 Å². The van der Waals surface area contributed by atoms with Crippen LogP contribution in [0, 0.1) is 0 Å². The normalized spacial score (nSPS) is 11.3. The summed E-state index contributed by atoms with van der Waals surface area (Å²) < 4.78 is 11.4. The molecule has 254 valence electrons. The van der Waals surface area contributed by atoms with Crippen molar-refractivity contribution in [1.29, 1.82) is 0 Å². The Bertz CT molecular complexity index is 641. The molecule has 0 unspecified atom stereocenters. The van der Waals surface area contributed by atoms with Crippen LogP contribution in [-0.4, -0.2) is 60.9 Å². The number of hydrogen-bond acceptors (Lipinski definition) is 6. The van der Waals surface area contributed by atoms with E-state index in [0.29, 0.717) is 25.2 Å². The summed E-state index contributed by atoms with van der Waals surface area (Å²) >= 11 is 0. The molecule has 0 radical (unpaired) electrons. The minimum Gasteiger partial charge on any atom is -0.483 e. The van der Waals surface area contributed by atoms with Gasteiger partial charge in [0.15, 0.2) is 11.7 Å². The van der Waals surface area contributed by atoms with Crippen LogP contribution in [-0.2, 0) is 19.1 Å². The molecule has 0 aliphatic carbocycles. The van der Waals surface area contributed by atoms with Crippen molar-refractivity contribution >= 4 is 11.9 Å². The molecule has 0 rings (SSSR count). The molecule has 0 amide bonds. The molecule has 0 aliphatic heterocycles. The van der Waals surface area contributed by atoms with E-state index in [2.05, 4.69) is 31.6 Å². The zero-order valence-corrected chi connectivity index (χ0v) is 28.8. The van der Waals surface area contributed by atoms with E-state index in [1.807, 2.05) is 0 Å². The molecule has 0 saturated heterocycles. The predicted octanol–water partition coefficient (Wildman–Crippen LogP) is 9.74. The Labute approximate surface area is 266 Å². The summed E-state index contributed by atoms with van der Waals surface area (Å²) in [5.41, 5.74) is 0. The largest absolute Gasteiger partial charge is 0.483 e. The molecule has 0 saturated carbocycles. The van der Waals surface area contributed by atoms with E-state index < -0.39 is 0 Å². The van der Waals surface area contributed by atoms with E-state index in [0.717, 1.165) is 116 Å². The number of esters is 1. The molecular formula is C37H71NO5. The van der Waals surface area contributed by atoms with Crippen LogP contribution in [0.3, 0.4) is 0 Å². The number of rotatable bonds is 34. The van der Waals surface area contributed by atoms with Crippen LogP contribution >= 0.6 is 0 Å². The van der Waals surface area contributed by atoms with Gasteiger partial charge >= 0.3 is 5.97 Å². The molecule has 0 atom stereocenters. The van der Waals surface area contributed by atoms with Crippen LogP contribution in [0.5, 0.6) is 0 Å². The van der Waals surface area contributed by atoms with Gasteiger partial charge in [0.1, 0.15) is 0 Å². The van der Waals surface area contributed by atoms with Gasteiger partial charge in [0, 0.05) is 19.4 Å². The lowest BCUT2D eigenvalue weighted by Gasteiger charge is -2.21. The van der Waals surface area contributed by atoms with E-state index in [1.54, 1.807) is 0 Å². The fraction of sp³-hybridized carbons (Fsp3) is 0.919. The number of carbonyl (C=O) groups is 1. The van der Waals surface area contributed by atoms with Gasteiger partial charge in [0.25, 0.3) is 0 Å². The molecule has 0 spiro atoms. The van der Waals surface area contributed by atoms with Crippen molar-refractivity contribution in [3.05, 3.63) is 5.76 Å². The fourth-order valence-corrected chi connectivity index (χ4v) is 5.54. The summed E-state index contributed by atoms with van der Waals surface area (Å²) in [5, 5.41) is 9.47. The van der Waals surface area contributed by atoms with Crippen molar-refractivity contribution in [3.63, 3.8) is 0 Å². The maximum atomic E-state index is 11.9. The number of aliphatic hydroxyl groups is 1. The molecule has 0 aromatic heterocycles. The highest BCUT2D eigenvalue weighted by Gasteiger charge is 2.12. The van der Waals surface area contributed by atoms with E-state index >= 15 is 0 Å². The first-order valence-corrected chi connectivity index (χ1v) is 18.5. The summed E-state index contributed by atoms with van der Waals surface area (Å²) in [5.74, 6) is 2.55. The third-order valence-electron chi connectivity index (χ3n) is 8.34. The molecular weight excluding hydrogens is 538 g/mol. The monoisotopic (exact) mass is 610 g/mol. The van der Waals surface area contributed by atoms with Gasteiger partial charge in [0.05, 0.1) is 19.3 Å². The van der Waals surface area contributed by atoms with Gasteiger partial charge in [-0.3, -0.25) is 4.79 Å². The number of carbonyl (C=O) groups excluding carboxylic acids is 2. The van der Waals surface area contributed by atoms with Crippen LogP contribution in [0.2, 0.25) is 0 Å². The van der Waals surface area contributed by atoms with Crippen molar-refractivity contribution < 1.29 is 24.2 Å². The van der Waals surface area contributed by atoms with Crippen molar-refractivity contribution in [2.45, 2.75) is 187 Å². The molecule has 6 nitrogen and oxygen atoms in total. The summed E-state index contributed by atoms with van der Waals surface area (Å²) in [6.07, 6.45) is 27.8. The van der Waals surface area contributed by atoms with E-state index in [9.17, 15) is 14.7 Å². The number of ether oxygens (including phenoxy) is 2. The molecule has 0 aromatic carbocycles. The van der Waals surface area contributed by atoms with E-state index in [4.69, 9.17) is 9.47 Å². The van der Waals surface area contributed by atoms with Gasteiger partial charge in [-0.2, -0.15) is 0 Å². The molecule has 43 heavy (non-hydrogen) atoms. The second-order valence-electron chi connectivity index (χ2n) is 12.5. The predicted molar refractivity (Wildman–Crippen MR) is 181 cm³/mol. The van der Waals surface area contributed by atoms with Gasteiger partial charge in [-0.05, 0) is 58.0 Å². The Morgan fingerprint density at radius 3 is 1.65 bits per heavy atom. The van der Waals surface area contributed by atoms with Crippen LogP contribution in [0.4, 0.5) is 0 Å². The third-order valence-corrected chi connectivity index (χ3v) is 8.34. The van der Waals surface area contributed by atoms with Crippen molar-refractivity contribution in [1.82, 2.24) is 4.90 Å². The Kier molecular flexibility index (Phi) is 32.5. The van der Waals surface area contributed by atoms with Crippen molar-refractivity contribution in [2.75, 3.05) is 32.8 Å². The van der Waals surface area contributed by atoms with E-state index in [1.165, 1.54) is 51.4 Å². The number of aliphatic hydroxyl groups excluding tert-OH is 1. The second-order valence-corrected chi connectivity index (χ2v) is 12.5. The first-order valence-electron chi connectivity index (χ1n) is 18.5. The average Bonchev–Trinajstić information content (AvgIpc) is 3.01. The number of allylic oxidation sites excluding steroid dienone is 1. The standard InChI is InChI=1S/C37H71NO5/c1-4-7-10-11-12-19-24-33-42-37(41)28-21-16-14-18-23-30-38(31-32-39)29-22-17-13-15-20-27-36(34-40)43-35(25-8-5-2)26-9-6-3/h35,39H,4-33H2,1-3H3. The molecule has 0 heterocycles. The molecule has 0 aromatic rings. The van der Waals surface area contributed by atoms with Crippen LogP contribution in [0.1, 0.15) is 181 Å². The lowest BCUT2D eigenvalue weighted by atomic mass is 10.1. The van der Waals surface area contributed by atoms with Gasteiger partial charge in [0.2, 0.25) is 0 Å². The van der Waals surface area contributed by atoms with Gasteiger partial charge in [-0.1, -0.05) is 124 Å². The number of nitrogens with zero attached hydrogens (tertiary/aromatic N) is 1. The van der Waals surface area contributed by atoms with E-state index in [-0.39, 0.29) is 18.7 Å². The highest BCUT2D eigenvalue weighted by atomic mass is 16.5. The summed E-state index contributed by atoms with van der Waals surface area (Å²) in [6.45, 7) is 10.2. The Hall–Kier alpha value is -1.36. The van der Waals surface area contributed by atoms with Crippen LogP contribution < -0.4 is 0 Å². The molecule has 0 fully saturated rings. The summed E-state index contributed by atoms with van der Waals surface area (Å²) in [6, 6.07) is 0. The van der Waals surface area contributed by atoms with Gasteiger partial charge in [-0.15, -0.1) is 0 Å². The Balaban J connectivity index is 3.81. The Morgan fingerprint density at radius 1 is 0.628 bits per heavy atom. The summed E-state index contributed by atoms with van der Waals surface area (Å²) in [4.78, 5) is 25.7. The lowest BCUT2D eigenvalue weighted by Crippen LogP contribution is -2.29. The molecule has 0 bridgehead atoms. The molecule has 1 N–H and O–H groups in total. The molecule has 0 aliphatic rings. The Morgan fingerprint density at radius 2 is 1.12 bits per heavy atom. The highest BCUT2D eigenvalue weighted by Crippen LogP contribution is 2.19. The highest BCUT2D eigenvalue weighted by molar-refractivity contribution is 5.69.